The van der Waals surface area contributed by atoms with Gasteiger partial charge in [0.05, 0.1) is 0 Å². The van der Waals surface area contributed by atoms with Gasteiger partial charge in [-0.2, -0.15) is 12.2 Å². The third kappa shape index (κ3) is 11.6. The van der Waals surface area contributed by atoms with Gasteiger partial charge in [-0.3, -0.25) is 12.2 Å². The predicted octanol–water partition coefficient (Wildman–Crippen LogP) is 2.26. The summed E-state index contributed by atoms with van der Waals surface area (Å²) in [6.45, 7) is 0. The maximum atomic E-state index is 2.99. The minimum atomic E-state index is 0. The van der Waals surface area contributed by atoms with Crippen LogP contribution in [0.1, 0.15) is 12.8 Å². The van der Waals surface area contributed by atoms with Crippen LogP contribution in [0, 0.1) is 12.2 Å². The summed E-state index contributed by atoms with van der Waals surface area (Å²) in [4.78, 5) is 0. The van der Waals surface area contributed by atoms with Gasteiger partial charge in [0.1, 0.15) is 0 Å². The van der Waals surface area contributed by atoms with Crippen LogP contribution in [0.2, 0.25) is 0 Å². The van der Waals surface area contributed by atoms with Crippen molar-refractivity contribution in [3.05, 3.63) is 48.6 Å². The van der Waals surface area contributed by atoms with Crippen LogP contribution < -0.4 is 0 Å². The van der Waals surface area contributed by atoms with Crippen molar-refractivity contribution in [2.45, 2.75) is 12.8 Å². The van der Waals surface area contributed by atoms with E-state index in [2.05, 4.69) is 24.3 Å². The van der Waals surface area contributed by atoms with Gasteiger partial charge in [0, 0.05) is 0 Å². The fourth-order valence-corrected chi connectivity index (χ4v) is 0.680. The molecule has 0 aromatic carbocycles. The van der Waals surface area contributed by atoms with Gasteiger partial charge in [-0.1, -0.05) is 0 Å². The maximum absolute atomic E-state index is 2.99. The summed E-state index contributed by atoms with van der Waals surface area (Å²) in [5.74, 6) is 0. The van der Waals surface area contributed by atoms with Crippen LogP contribution in [0.3, 0.4) is 0 Å². The van der Waals surface area contributed by atoms with Gasteiger partial charge >= 0.3 is 21.1 Å². The van der Waals surface area contributed by atoms with E-state index in [9.17, 15) is 0 Å². The molecule has 13 heavy (non-hydrogen) atoms. The summed E-state index contributed by atoms with van der Waals surface area (Å²) >= 11 is 0. The molecule has 0 aromatic rings. The Hall–Kier alpha value is -0.432. The van der Waals surface area contributed by atoms with Crippen LogP contribution in [0.15, 0.2) is 36.5 Å². The van der Waals surface area contributed by atoms with Gasteiger partial charge in [0.2, 0.25) is 0 Å². The Balaban J connectivity index is -0.000000125. The van der Waals surface area contributed by atoms with Crippen LogP contribution >= 0.6 is 0 Å². The van der Waals surface area contributed by atoms with E-state index in [0.29, 0.717) is 0 Å². The molecule has 3 heteroatoms. The number of allylic oxidation sites excluding steroid dienone is 8. The first-order chi connectivity index (χ1) is 5.00. The summed E-state index contributed by atoms with van der Waals surface area (Å²) in [6.07, 6.45) is 20.0. The zero-order valence-electron chi connectivity index (χ0n) is 7.18. The molecule has 0 saturated heterocycles. The van der Waals surface area contributed by atoms with E-state index in [1.54, 1.807) is 0 Å². The van der Waals surface area contributed by atoms with Crippen molar-refractivity contribution in [1.82, 2.24) is 0 Å². The first-order valence-corrected chi connectivity index (χ1v) is 3.43. The van der Waals surface area contributed by atoms with Crippen molar-refractivity contribution >= 4 is 0 Å². The summed E-state index contributed by atoms with van der Waals surface area (Å²) in [5.41, 5.74) is 0. The van der Waals surface area contributed by atoms with Gasteiger partial charge in [0.15, 0.2) is 0 Å². The molecule has 0 radical (unpaired) electrons. The Morgan fingerprint density at radius 2 is 1.15 bits per heavy atom. The summed E-state index contributed by atoms with van der Waals surface area (Å²) in [7, 11) is 0. The second-order valence-electron chi connectivity index (χ2n) is 2.01. The Kier molecular flexibility index (Phi) is 19.9. The largest absolute Gasteiger partial charge is 2.00 e. The van der Waals surface area contributed by atoms with E-state index >= 15 is 0 Å². The van der Waals surface area contributed by atoms with Crippen molar-refractivity contribution in [2.75, 3.05) is 0 Å². The Bertz CT molecular complexity index is 151. The fourth-order valence-electron chi connectivity index (χ4n) is 0.680. The molecule has 0 spiro atoms. The van der Waals surface area contributed by atoms with Crippen molar-refractivity contribution in [2.24, 2.45) is 0 Å². The maximum Gasteiger partial charge on any atom is 2.00 e. The Labute approximate surface area is 93.6 Å². The molecule has 2 aliphatic carbocycles. The van der Waals surface area contributed by atoms with Gasteiger partial charge in [-0.25, -0.2) is 24.3 Å². The minimum absolute atomic E-state index is 0. The van der Waals surface area contributed by atoms with Gasteiger partial charge in [-0.05, 0) is 0 Å². The molecule has 72 valence electrons. The first kappa shape index (κ1) is 18.4. The van der Waals surface area contributed by atoms with Crippen LogP contribution in [0.5, 0.6) is 0 Å². The first-order valence-electron chi connectivity index (χ1n) is 3.43. The van der Waals surface area contributed by atoms with Gasteiger partial charge < -0.3 is 11.0 Å². The molecule has 2 rings (SSSR count). The monoisotopic (exact) mass is 348 g/mol. The molecule has 0 amide bonds. The molecule has 2 nitrogen and oxygen atoms in total. The molecule has 0 bridgehead atoms. The van der Waals surface area contributed by atoms with Crippen LogP contribution in [-0.2, 0) is 21.1 Å². The standard InChI is InChI=1S/2C5H5.2H2O.W/c2*1-2-4-5-3-1;;;/h2*1-3H,4H2;2*1H2;/q2*-1;;;+2/p-2. The zero-order chi connectivity index (χ0) is 7.07. The minimum Gasteiger partial charge on any atom is -0.870 e. The van der Waals surface area contributed by atoms with E-state index in [1.807, 2.05) is 24.3 Å². The molecule has 0 heterocycles. The van der Waals surface area contributed by atoms with Crippen LogP contribution in [0.25, 0.3) is 0 Å². The third-order valence-electron chi connectivity index (χ3n) is 1.17. The van der Waals surface area contributed by atoms with E-state index in [0.717, 1.165) is 12.8 Å². The summed E-state index contributed by atoms with van der Waals surface area (Å²) in [6, 6.07) is 0. The van der Waals surface area contributed by atoms with E-state index in [-0.39, 0.29) is 32.0 Å². The predicted molar refractivity (Wildman–Crippen MR) is 47.0 cm³/mol. The Morgan fingerprint density at radius 3 is 1.23 bits per heavy atom. The van der Waals surface area contributed by atoms with E-state index in [1.165, 1.54) is 0 Å². The number of hydrogen-bond donors (Lipinski definition) is 0. The van der Waals surface area contributed by atoms with Crippen molar-refractivity contribution in [1.29, 1.82) is 0 Å². The molecule has 0 saturated carbocycles. The molecule has 0 unspecified atom stereocenters. The SMILES string of the molecule is [C-]1=CC=CC1.[C-]1=CC=CC1.[OH-].[OH-].[W+2]. The average Bonchev–Trinajstić information content (AvgIpc) is 2.67. The average molecular weight is 348 g/mol. The second kappa shape index (κ2) is 14.1. The normalized spacial score (nSPS) is 13.5. The Morgan fingerprint density at radius 1 is 0.769 bits per heavy atom. The van der Waals surface area contributed by atoms with Gasteiger partial charge in [0.25, 0.3) is 0 Å². The molecule has 2 aliphatic rings. The fraction of sp³-hybridized carbons (Fsp3) is 0.200. The number of hydrogen-bond acceptors (Lipinski definition) is 2. The molecule has 0 aliphatic heterocycles. The van der Waals surface area contributed by atoms with Crippen LogP contribution in [-0.4, -0.2) is 11.0 Å². The van der Waals surface area contributed by atoms with Crippen molar-refractivity contribution in [3.8, 4) is 0 Å². The molecular formula is C10H12O2W-2. The quantitative estimate of drug-likeness (QED) is 0.631. The van der Waals surface area contributed by atoms with Crippen molar-refractivity contribution in [3.63, 3.8) is 0 Å². The molecule has 0 atom stereocenters. The smallest absolute Gasteiger partial charge is 0.870 e. The summed E-state index contributed by atoms with van der Waals surface area (Å²) in [5, 5.41) is 0. The molecule has 0 fully saturated rings. The third-order valence-corrected chi connectivity index (χ3v) is 1.17. The molecule has 2 N–H and O–H groups in total. The zero-order valence-corrected chi connectivity index (χ0v) is 10.1. The van der Waals surface area contributed by atoms with Crippen molar-refractivity contribution < 1.29 is 32.0 Å². The second-order valence-corrected chi connectivity index (χ2v) is 2.01. The van der Waals surface area contributed by atoms with E-state index in [4.69, 9.17) is 0 Å². The van der Waals surface area contributed by atoms with Gasteiger partial charge in [-0.15, -0.1) is 12.8 Å². The number of rotatable bonds is 0. The molecule has 0 aromatic heterocycles. The summed E-state index contributed by atoms with van der Waals surface area (Å²) < 4.78 is 0. The van der Waals surface area contributed by atoms with Crippen LogP contribution in [0.4, 0.5) is 0 Å². The molecular weight excluding hydrogens is 336 g/mol. The van der Waals surface area contributed by atoms with E-state index < -0.39 is 0 Å². The topological polar surface area (TPSA) is 60.0 Å².